The molecule has 5 aliphatic rings. The molecule has 10 heteroatoms. The number of benzene rings is 1. The maximum atomic E-state index is 13.0. The van der Waals surface area contributed by atoms with Gasteiger partial charge in [-0.3, -0.25) is 14.6 Å². The van der Waals surface area contributed by atoms with Crippen LogP contribution in [-0.2, 0) is 16.1 Å². The number of amides is 1. The summed E-state index contributed by atoms with van der Waals surface area (Å²) in [5, 5.41) is 9.74. The van der Waals surface area contributed by atoms with Gasteiger partial charge in [-0.25, -0.2) is 15.0 Å². The number of hydrogen-bond donors (Lipinski definition) is 3. The normalized spacial score (nSPS) is 20.6. The number of rotatable bonds is 2. The van der Waals surface area contributed by atoms with Crippen LogP contribution >= 0.6 is 0 Å². The van der Waals surface area contributed by atoms with Gasteiger partial charge in [0.2, 0.25) is 11.9 Å². The van der Waals surface area contributed by atoms with Crippen molar-refractivity contribution < 1.29 is 9.53 Å². The summed E-state index contributed by atoms with van der Waals surface area (Å²) in [5.74, 6) is 1.35. The van der Waals surface area contributed by atoms with Crippen molar-refractivity contribution in [1.29, 1.82) is 0 Å². The lowest BCUT2D eigenvalue weighted by molar-refractivity contribution is -0.129. The average molecular weight is 563 g/mol. The van der Waals surface area contributed by atoms with Crippen molar-refractivity contribution in [3.63, 3.8) is 0 Å². The summed E-state index contributed by atoms with van der Waals surface area (Å²) in [5.41, 5.74) is 4.13. The van der Waals surface area contributed by atoms with Crippen molar-refractivity contribution in [2.75, 3.05) is 63.6 Å². The van der Waals surface area contributed by atoms with E-state index in [-0.39, 0.29) is 11.9 Å². The Bertz CT molecular complexity index is 1180. The standard InChI is InChI=1S/C27H34N8O2.2C2H6/c1-37-19-24-26(36)29-7-3-8-30-27-31-16-22(17-32-27)21-6-9-28-25(15-21)33-23-5-2-4-20(14-23)18-34-10-12-35(24)13-11-34;2*1-2/h2,4-6,9,14-17,24H,3,7-8,10-13,18-19H2,1H3,(H,28,33)(H,29,36)(H,30,31,32);2*1-2H3. The van der Waals surface area contributed by atoms with Gasteiger partial charge in [0, 0.05) is 82.8 Å². The predicted molar refractivity (Wildman–Crippen MR) is 166 cm³/mol. The Labute approximate surface area is 244 Å². The molecule has 1 atom stereocenters. The topological polar surface area (TPSA) is 108 Å². The van der Waals surface area contributed by atoms with Crippen LogP contribution in [0, 0.1) is 0 Å². The molecule has 0 spiro atoms. The SMILES string of the molecule is CC.CC.COCC1C(=O)NCCCNc2ncc(cn2)-c2ccnc(c2)Nc2cccc(c2)CN2CCN1CC2. The Balaban J connectivity index is 0.00000111. The molecule has 3 aromatic rings. The number of nitrogens with zero attached hydrogens (tertiary/aromatic N) is 5. The van der Waals surface area contributed by atoms with Crippen molar-refractivity contribution in [2.45, 2.75) is 46.7 Å². The molecule has 222 valence electrons. The van der Waals surface area contributed by atoms with Gasteiger partial charge >= 0.3 is 0 Å². The Morgan fingerprint density at radius 2 is 1.63 bits per heavy atom. The van der Waals surface area contributed by atoms with Crippen molar-refractivity contribution in [3.8, 4) is 11.1 Å². The molecule has 10 nitrogen and oxygen atoms in total. The largest absolute Gasteiger partial charge is 0.383 e. The molecule has 2 aromatic heterocycles. The lowest BCUT2D eigenvalue weighted by Gasteiger charge is -2.38. The lowest BCUT2D eigenvalue weighted by Crippen LogP contribution is -2.56. The van der Waals surface area contributed by atoms with Gasteiger partial charge in [-0.15, -0.1) is 0 Å². The van der Waals surface area contributed by atoms with Crippen LogP contribution in [0.15, 0.2) is 55.0 Å². The minimum atomic E-state index is -0.285. The second-order valence-corrected chi connectivity index (χ2v) is 9.41. The Hall–Kier alpha value is -3.60. The zero-order valence-electron chi connectivity index (χ0n) is 25.2. The van der Waals surface area contributed by atoms with E-state index in [0.717, 1.165) is 61.8 Å². The number of piperazine rings is 1. The zero-order valence-corrected chi connectivity index (χ0v) is 25.2. The van der Waals surface area contributed by atoms with Crippen molar-refractivity contribution in [2.24, 2.45) is 0 Å². The molecule has 1 aromatic carbocycles. The van der Waals surface area contributed by atoms with Crippen LogP contribution in [0.25, 0.3) is 11.1 Å². The minimum Gasteiger partial charge on any atom is -0.383 e. The predicted octanol–water partition coefficient (Wildman–Crippen LogP) is 4.40. The van der Waals surface area contributed by atoms with Gasteiger partial charge in [0.05, 0.1) is 6.61 Å². The summed E-state index contributed by atoms with van der Waals surface area (Å²) in [6.07, 6.45) is 6.17. The molecule has 1 fully saturated rings. The fraction of sp³-hybridized carbons (Fsp3) is 0.484. The first kappa shape index (κ1) is 31.9. The van der Waals surface area contributed by atoms with E-state index in [1.807, 2.05) is 39.8 Å². The van der Waals surface area contributed by atoms with Crippen LogP contribution in [0.5, 0.6) is 0 Å². The summed E-state index contributed by atoms with van der Waals surface area (Å²) in [7, 11) is 1.65. The molecule has 0 saturated carbocycles. The molecule has 7 heterocycles. The fourth-order valence-corrected chi connectivity index (χ4v) is 4.76. The van der Waals surface area contributed by atoms with Gasteiger partial charge < -0.3 is 20.7 Å². The van der Waals surface area contributed by atoms with Gasteiger partial charge in [-0.2, -0.15) is 0 Å². The molecule has 0 aliphatic carbocycles. The fourth-order valence-electron chi connectivity index (χ4n) is 4.76. The summed E-state index contributed by atoms with van der Waals surface area (Å²) in [4.78, 5) is 31.0. The number of hydrogen-bond acceptors (Lipinski definition) is 9. The summed E-state index contributed by atoms with van der Waals surface area (Å²) in [6, 6.07) is 12.1. The number of carbonyl (C=O) groups excluding carboxylic acids is 1. The number of ether oxygens (including phenoxy) is 1. The number of methoxy groups -OCH3 is 1. The second kappa shape index (κ2) is 17.3. The summed E-state index contributed by atoms with van der Waals surface area (Å²) < 4.78 is 5.40. The highest BCUT2D eigenvalue weighted by atomic mass is 16.5. The number of anilines is 3. The molecular formula is C31H46N8O2. The molecule has 1 unspecified atom stereocenters. The smallest absolute Gasteiger partial charge is 0.239 e. The highest BCUT2D eigenvalue weighted by Crippen LogP contribution is 2.23. The zero-order chi connectivity index (χ0) is 29.5. The minimum absolute atomic E-state index is 0.0171. The highest BCUT2D eigenvalue weighted by Gasteiger charge is 2.29. The van der Waals surface area contributed by atoms with Gasteiger partial charge in [0.1, 0.15) is 11.9 Å². The van der Waals surface area contributed by atoms with E-state index in [1.165, 1.54) is 5.56 Å². The molecule has 8 bridgehead atoms. The third-order valence-electron chi connectivity index (χ3n) is 6.76. The van der Waals surface area contributed by atoms with E-state index in [2.05, 4.69) is 65.0 Å². The lowest BCUT2D eigenvalue weighted by atomic mass is 10.1. The maximum Gasteiger partial charge on any atom is 0.239 e. The Morgan fingerprint density at radius 3 is 2.37 bits per heavy atom. The number of aromatic nitrogens is 3. The molecule has 3 N–H and O–H groups in total. The Kier molecular flexibility index (Phi) is 13.4. The molecule has 8 rings (SSSR count). The summed E-state index contributed by atoms with van der Waals surface area (Å²) >= 11 is 0. The second-order valence-electron chi connectivity index (χ2n) is 9.41. The van der Waals surface area contributed by atoms with Crippen LogP contribution in [-0.4, -0.2) is 89.7 Å². The van der Waals surface area contributed by atoms with Crippen LogP contribution in [0.1, 0.15) is 39.7 Å². The van der Waals surface area contributed by atoms with Crippen LogP contribution in [0.4, 0.5) is 17.5 Å². The van der Waals surface area contributed by atoms with Crippen LogP contribution in [0.3, 0.4) is 0 Å². The molecule has 1 amide bonds. The van der Waals surface area contributed by atoms with Crippen molar-refractivity contribution in [1.82, 2.24) is 30.1 Å². The first-order valence-electron chi connectivity index (χ1n) is 14.8. The molecule has 41 heavy (non-hydrogen) atoms. The number of carbonyl (C=O) groups is 1. The Morgan fingerprint density at radius 1 is 0.902 bits per heavy atom. The third-order valence-corrected chi connectivity index (χ3v) is 6.76. The first-order valence-corrected chi connectivity index (χ1v) is 14.8. The van der Waals surface area contributed by atoms with E-state index < -0.39 is 0 Å². The maximum absolute atomic E-state index is 13.0. The van der Waals surface area contributed by atoms with E-state index in [4.69, 9.17) is 4.74 Å². The molecule has 1 saturated heterocycles. The third kappa shape index (κ3) is 9.48. The van der Waals surface area contributed by atoms with Gasteiger partial charge in [-0.1, -0.05) is 39.8 Å². The van der Waals surface area contributed by atoms with Gasteiger partial charge in [0.25, 0.3) is 0 Å². The van der Waals surface area contributed by atoms with Crippen molar-refractivity contribution >= 4 is 23.4 Å². The van der Waals surface area contributed by atoms with E-state index in [9.17, 15) is 4.79 Å². The van der Waals surface area contributed by atoms with Gasteiger partial charge in [0.15, 0.2) is 0 Å². The van der Waals surface area contributed by atoms with Crippen molar-refractivity contribution in [3.05, 3.63) is 60.6 Å². The highest BCUT2D eigenvalue weighted by molar-refractivity contribution is 5.82. The molecule has 0 radical (unpaired) electrons. The molecular weight excluding hydrogens is 516 g/mol. The van der Waals surface area contributed by atoms with E-state index in [1.54, 1.807) is 25.7 Å². The number of pyridine rings is 1. The van der Waals surface area contributed by atoms with E-state index >= 15 is 0 Å². The average Bonchev–Trinajstić information content (AvgIpc) is 3.02. The van der Waals surface area contributed by atoms with Crippen LogP contribution in [0.2, 0.25) is 0 Å². The van der Waals surface area contributed by atoms with Gasteiger partial charge in [-0.05, 0) is 41.8 Å². The quantitative estimate of drug-likeness (QED) is 0.419. The summed E-state index contributed by atoms with van der Waals surface area (Å²) in [6.45, 7) is 13.9. The van der Waals surface area contributed by atoms with E-state index in [0.29, 0.717) is 25.6 Å². The van der Waals surface area contributed by atoms with Crippen LogP contribution < -0.4 is 16.0 Å². The first-order chi connectivity index (χ1) is 20.2. The number of nitrogens with one attached hydrogen (secondary N) is 3. The molecule has 5 aliphatic heterocycles. The monoisotopic (exact) mass is 562 g/mol.